The third-order valence-corrected chi connectivity index (χ3v) is 2.65. The molecular formula is C11H8IN3O2. The summed E-state index contributed by atoms with van der Waals surface area (Å²) in [6, 6.07) is 5.00. The van der Waals surface area contributed by atoms with Crippen LogP contribution in [0.15, 0.2) is 30.6 Å². The average Bonchev–Trinajstić information content (AvgIpc) is 2.39. The fourth-order valence-electron chi connectivity index (χ4n) is 1.31. The van der Waals surface area contributed by atoms with Gasteiger partial charge in [0.2, 0.25) is 9.67 Å². The summed E-state index contributed by atoms with van der Waals surface area (Å²) in [5.74, 6) is 0.834. The zero-order chi connectivity index (χ0) is 12.3. The number of carbonyl (C=O) groups excluding carboxylic acids is 1. The highest BCUT2D eigenvalue weighted by Crippen LogP contribution is 2.23. The SMILES string of the molecule is COc1ccc(C(=O)I)c(-c2ncccn2)n1. The van der Waals surface area contributed by atoms with E-state index in [4.69, 9.17) is 4.74 Å². The van der Waals surface area contributed by atoms with E-state index in [2.05, 4.69) is 15.0 Å². The van der Waals surface area contributed by atoms with E-state index in [0.717, 1.165) is 0 Å². The minimum absolute atomic E-state index is 0.111. The van der Waals surface area contributed by atoms with Gasteiger partial charge >= 0.3 is 0 Å². The van der Waals surface area contributed by atoms with Crippen molar-refractivity contribution in [3.8, 4) is 17.4 Å². The maximum absolute atomic E-state index is 11.5. The van der Waals surface area contributed by atoms with Crippen LogP contribution in [-0.4, -0.2) is 25.9 Å². The van der Waals surface area contributed by atoms with Crippen LogP contribution in [0.2, 0.25) is 0 Å². The molecule has 0 aliphatic carbocycles. The van der Waals surface area contributed by atoms with Crippen molar-refractivity contribution in [1.29, 1.82) is 0 Å². The van der Waals surface area contributed by atoms with Crippen molar-refractivity contribution in [1.82, 2.24) is 15.0 Å². The Hall–Kier alpha value is -1.57. The van der Waals surface area contributed by atoms with E-state index in [1.165, 1.54) is 7.11 Å². The highest BCUT2D eigenvalue weighted by Gasteiger charge is 2.15. The molecule has 2 aromatic rings. The summed E-state index contributed by atoms with van der Waals surface area (Å²) in [4.78, 5) is 23.9. The normalized spacial score (nSPS) is 10.0. The summed E-state index contributed by atoms with van der Waals surface area (Å²) < 4.78 is 4.92. The molecule has 0 N–H and O–H groups in total. The molecule has 0 fully saturated rings. The average molecular weight is 341 g/mol. The van der Waals surface area contributed by atoms with Gasteiger partial charge in [0.15, 0.2) is 5.82 Å². The molecule has 0 aliphatic heterocycles. The summed E-state index contributed by atoms with van der Waals surface area (Å²) in [5.41, 5.74) is 0.905. The Bertz CT molecular complexity index is 546. The molecule has 0 bridgehead atoms. The minimum atomic E-state index is -0.111. The molecular weight excluding hydrogens is 333 g/mol. The highest BCUT2D eigenvalue weighted by molar-refractivity contribution is 14.1. The lowest BCUT2D eigenvalue weighted by molar-refractivity contribution is 0.110. The number of nitrogens with zero attached hydrogens (tertiary/aromatic N) is 3. The first kappa shape index (κ1) is 11.9. The zero-order valence-corrected chi connectivity index (χ0v) is 11.1. The van der Waals surface area contributed by atoms with Crippen LogP contribution in [0.25, 0.3) is 11.5 Å². The number of hydrogen-bond donors (Lipinski definition) is 0. The third-order valence-electron chi connectivity index (χ3n) is 2.07. The number of carbonyl (C=O) groups is 1. The van der Waals surface area contributed by atoms with Gasteiger partial charge in [-0.1, -0.05) is 0 Å². The Morgan fingerprint density at radius 2 is 2.00 bits per heavy atom. The Morgan fingerprint density at radius 1 is 1.29 bits per heavy atom. The molecule has 0 atom stereocenters. The smallest absolute Gasteiger partial charge is 0.224 e. The predicted octanol–water partition coefficient (Wildman–Crippen LogP) is 2.12. The molecule has 0 amide bonds. The Morgan fingerprint density at radius 3 is 2.59 bits per heavy atom. The molecule has 86 valence electrons. The van der Waals surface area contributed by atoms with E-state index in [1.807, 2.05) is 0 Å². The standard InChI is InChI=1S/C11H8IN3O2/c1-17-8-4-3-7(10(12)16)9(15-8)11-13-5-2-6-14-11/h2-6H,1H3. The largest absolute Gasteiger partial charge is 0.481 e. The molecule has 0 aromatic carbocycles. The number of methoxy groups -OCH3 is 1. The van der Waals surface area contributed by atoms with E-state index >= 15 is 0 Å². The number of ether oxygens (including phenoxy) is 1. The van der Waals surface area contributed by atoms with Crippen molar-refractivity contribution in [3.05, 3.63) is 36.2 Å². The Kier molecular flexibility index (Phi) is 3.62. The summed E-state index contributed by atoms with van der Waals surface area (Å²) >= 11 is 1.71. The predicted molar refractivity (Wildman–Crippen MR) is 70.2 cm³/mol. The fraction of sp³-hybridized carbons (Fsp3) is 0.0909. The highest BCUT2D eigenvalue weighted by atomic mass is 127. The number of hydrogen-bond acceptors (Lipinski definition) is 5. The van der Waals surface area contributed by atoms with Gasteiger partial charge in [0.1, 0.15) is 5.69 Å². The maximum atomic E-state index is 11.5. The lowest BCUT2D eigenvalue weighted by Gasteiger charge is -2.05. The van der Waals surface area contributed by atoms with Gasteiger partial charge in [-0.2, -0.15) is 0 Å². The molecule has 2 rings (SSSR count). The second kappa shape index (κ2) is 5.17. The van der Waals surface area contributed by atoms with Crippen molar-refractivity contribution < 1.29 is 9.53 Å². The zero-order valence-electron chi connectivity index (χ0n) is 8.92. The van der Waals surface area contributed by atoms with E-state index in [1.54, 1.807) is 53.2 Å². The van der Waals surface area contributed by atoms with E-state index in [0.29, 0.717) is 23.0 Å². The number of pyridine rings is 1. The van der Waals surface area contributed by atoms with Crippen LogP contribution >= 0.6 is 22.6 Å². The molecule has 6 heteroatoms. The van der Waals surface area contributed by atoms with Crippen LogP contribution in [0.5, 0.6) is 5.88 Å². The summed E-state index contributed by atoms with van der Waals surface area (Å²) in [6.07, 6.45) is 3.20. The van der Waals surface area contributed by atoms with E-state index in [-0.39, 0.29) is 3.79 Å². The van der Waals surface area contributed by atoms with Crippen molar-refractivity contribution in [2.45, 2.75) is 0 Å². The van der Waals surface area contributed by atoms with Gasteiger partial charge in [-0.15, -0.1) is 0 Å². The second-order valence-electron chi connectivity index (χ2n) is 3.10. The van der Waals surface area contributed by atoms with Crippen molar-refractivity contribution in [3.63, 3.8) is 0 Å². The van der Waals surface area contributed by atoms with Crippen molar-refractivity contribution in [2.75, 3.05) is 7.11 Å². The van der Waals surface area contributed by atoms with Crippen LogP contribution in [0.4, 0.5) is 0 Å². The van der Waals surface area contributed by atoms with Crippen LogP contribution in [-0.2, 0) is 0 Å². The van der Waals surface area contributed by atoms with Gasteiger partial charge in [0.05, 0.1) is 12.7 Å². The fourth-order valence-corrected chi connectivity index (χ4v) is 1.74. The van der Waals surface area contributed by atoms with Gasteiger partial charge in [0.25, 0.3) is 0 Å². The summed E-state index contributed by atoms with van der Waals surface area (Å²) in [6.45, 7) is 0. The summed E-state index contributed by atoms with van der Waals surface area (Å²) in [7, 11) is 1.52. The van der Waals surface area contributed by atoms with Crippen LogP contribution in [0, 0.1) is 0 Å². The van der Waals surface area contributed by atoms with Crippen molar-refractivity contribution in [2.24, 2.45) is 0 Å². The van der Waals surface area contributed by atoms with Crippen LogP contribution < -0.4 is 4.74 Å². The Balaban J connectivity index is 2.61. The lowest BCUT2D eigenvalue weighted by Crippen LogP contribution is -2.01. The first-order valence-corrected chi connectivity index (χ1v) is 5.82. The van der Waals surface area contributed by atoms with Gasteiger partial charge < -0.3 is 4.74 Å². The molecule has 0 saturated heterocycles. The molecule has 0 unspecified atom stereocenters. The molecule has 0 spiro atoms. The van der Waals surface area contributed by atoms with Gasteiger partial charge in [-0.25, -0.2) is 15.0 Å². The number of rotatable bonds is 3. The molecule has 2 heterocycles. The first-order chi connectivity index (χ1) is 8.22. The van der Waals surface area contributed by atoms with Crippen LogP contribution in [0.1, 0.15) is 10.4 Å². The van der Waals surface area contributed by atoms with Crippen molar-refractivity contribution >= 4 is 26.4 Å². The van der Waals surface area contributed by atoms with Gasteiger partial charge in [-0.3, -0.25) is 4.79 Å². The van der Waals surface area contributed by atoms with Gasteiger partial charge in [-0.05, 0) is 12.1 Å². The maximum Gasteiger partial charge on any atom is 0.224 e. The first-order valence-electron chi connectivity index (χ1n) is 4.74. The monoisotopic (exact) mass is 341 g/mol. The third kappa shape index (κ3) is 2.57. The quantitative estimate of drug-likeness (QED) is 0.632. The molecule has 5 nitrogen and oxygen atoms in total. The summed E-state index contributed by atoms with van der Waals surface area (Å²) in [5, 5.41) is 0. The topological polar surface area (TPSA) is 65.0 Å². The lowest BCUT2D eigenvalue weighted by atomic mass is 10.2. The molecule has 0 radical (unpaired) electrons. The van der Waals surface area contributed by atoms with E-state index < -0.39 is 0 Å². The second-order valence-corrected chi connectivity index (χ2v) is 4.08. The molecule has 2 aromatic heterocycles. The van der Waals surface area contributed by atoms with E-state index in [9.17, 15) is 4.79 Å². The minimum Gasteiger partial charge on any atom is -0.481 e. The molecule has 0 aliphatic rings. The van der Waals surface area contributed by atoms with Gasteiger partial charge in [0, 0.05) is 41.1 Å². The molecule has 0 saturated carbocycles. The Labute approximate surface area is 111 Å². The van der Waals surface area contributed by atoms with Crippen LogP contribution in [0.3, 0.4) is 0 Å². The number of aromatic nitrogens is 3. The number of halogens is 1. The molecule has 17 heavy (non-hydrogen) atoms.